The summed E-state index contributed by atoms with van der Waals surface area (Å²) in [5.41, 5.74) is 1.21. The number of hydrogen-bond donors (Lipinski definition) is 0. The first-order valence-electron chi connectivity index (χ1n) is 10.9. The van der Waals surface area contributed by atoms with E-state index in [2.05, 4.69) is 0 Å². The lowest BCUT2D eigenvalue weighted by Crippen LogP contribution is -2.40. The quantitative estimate of drug-likeness (QED) is 0.489. The zero-order chi connectivity index (χ0) is 23.5. The first-order valence-corrected chi connectivity index (χ1v) is 13.8. The zero-order valence-corrected chi connectivity index (χ0v) is 20.1. The molecule has 33 heavy (non-hydrogen) atoms. The predicted molar refractivity (Wildman–Crippen MR) is 123 cm³/mol. The summed E-state index contributed by atoms with van der Waals surface area (Å²) in [6.07, 6.45) is 0.444. The maximum Gasteiger partial charge on any atom is 0.264 e. The van der Waals surface area contributed by atoms with Crippen molar-refractivity contribution in [3.8, 4) is 5.75 Å². The standard InChI is InChI=1S/C22H28N2O7S2/c1-2-29-15-16-31-19-3-5-20(6-4-19)33(27,28)24-10-9-18-17-21(7-8-22(18)24)32(25,26)23-11-13-30-14-12-23/h3-8,17H,2,9-16H2,1H3. The Balaban J connectivity index is 1.51. The van der Waals surface area contributed by atoms with E-state index in [1.54, 1.807) is 24.3 Å². The fourth-order valence-corrected chi connectivity index (χ4v) is 6.85. The lowest BCUT2D eigenvalue weighted by atomic mass is 10.2. The summed E-state index contributed by atoms with van der Waals surface area (Å²) in [7, 11) is -7.43. The van der Waals surface area contributed by atoms with Crippen molar-refractivity contribution in [3.05, 3.63) is 48.0 Å². The molecule has 1 saturated heterocycles. The maximum absolute atomic E-state index is 13.3. The normalized spacial score (nSPS) is 17.2. The molecule has 0 radical (unpaired) electrons. The molecule has 2 heterocycles. The Hall–Kier alpha value is -2.18. The molecule has 180 valence electrons. The smallest absolute Gasteiger partial charge is 0.264 e. The van der Waals surface area contributed by atoms with Crippen molar-refractivity contribution < 1.29 is 31.0 Å². The van der Waals surface area contributed by atoms with Crippen LogP contribution in [0.25, 0.3) is 0 Å². The fraction of sp³-hybridized carbons (Fsp3) is 0.455. The van der Waals surface area contributed by atoms with Gasteiger partial charge in [0.25, 0.3) is 10.0 Å². The van der Waals surface area contributed by atoms with E-state index >= 15 is 0 Å². The van der Waals surface area contributed by atoms with Crippen LogP contribution < -0.4 is 9.04 Å². The van der Waals surface area contributed by atoms with Crippen molar-refractivity contribution in [1.82, 2.24) is 4.31 Å². The van der Waals surface area contributed by atoms with E-state index in [4.69, 9.17) is 14.2 Å². The second-order valence-corrected chi connectivity index (χ2v) is 11.5. The van der Waals surface area contributed by atoms with Crippen LogP contribution in [0.4, 0.5) is 5.69 Å². The molecule has 0 aliphatic carbocycles. The topological polar surface area (TPSA) is 102 Å². The van der Waals surface area contributed by atoms with Crippen LogP contribution in [0.5, 0.6) is 5.75 Å². The number of fused-ring (bicyclic) bond motifs is 1. The van der Waals surface area contributed by atoms with Gasteiger partial charge in [0.1, 0.15) is 12.4 Å². The van der Waals surface area contributed by atoms with Gasteiger partial charge >= 0.3 is 0 Å². The highest BCUT2D eigenvalue weighted by Crippen LogP contribution is 2.35. The van der Waals surface area contributed by atoms with Gasteiger partial charge in [-0.15, -0.1) is 0 Å². The van der Waals surface area contributed by atoms with Gasteiger partial charge in [-0.05, 0) is 61.4 Å². The largest absolute Gasteiger partial charge is 0.491 e. The van der Waals surface area contributed by atoms with Crippen LogP contribution in [-0.2, 0) is 35.9 Å². The average Bonchev–Trinajstić information content (AvgIpc) is 3.27. The molecule has 0 atom stereocenters. The molecular formula is C22H28N2O7S2. The summed E-state index contributed by atoms with van der Waals surface area (Å²) >= 11 is 0. The molecule has 9 nitrogen and oxygen atoms in total. The van der Waals surface area contributed by atoms with E-state index in [0.717, 1.165) is 0 Å². The molecule has 1 fully saturated rings. The Kier molecular flexibility index (Phi) is 7.25. The molecule has 0 bridgehead atoms. The Morgan fingerprint density at radius 1 is 0.879 bits per heavy atom. The number of nitrogens with zero attached hydrogens (tertiary/aromatic N) is 2. The Morgan fingerprint density at radius 2 is 1.58 bits per heavy atom. The number of hydrogen-bond acceptors (Lipinski definition) is 7. The van der Waals surface area contributed by atoms with Crippen molar-refractivity contribution in [2.75, 3.05) is 57.0 Å². The zero-order valence-electron chi connectivity index (χ0n) is 18.5. The first-order chi connectivity index (χ1) is 15.8. The monoisotopic (exact) mass is 496 g/mol. The number of anilines is 1. The summed E-state index contributed by atoms with van der Waals surface area (Å²) in [5, 5.41) is 0. The van der Waals surface area contributed by atoms with Gasteiger partial charge in [0.05, 0.1) is 35.3 Å². The number of ether oxygens (including phenoxy) is 3. The van der Waals surface area contributed by atoms with Gasteiger partial charge in [0.2, 0.25) is 10.0 Å². The van der Waals surface area contributed by atoms with Crippen molar-refractivity contribution in [1.29, 1.82) is 0 Å². The fourth-order valence-electron chi connectivity index (χ4n) is 3.89. The molecule has 2 aliphatic heterocycles. The van der Waals surface area contributed by atoms with Crippen LogP contribution >= 0.6 is 0 Å². The lowest BCUT2D eigenvalue weighted by molar-refractivity contribution is 0.0730. The lowest BCUT2D eigenvalue weighted by Gasteiger charge is -2.26. The van der Waals surface area contributed by atoms with Crippen molar-refractivity contribution in [2.45, 2.75) is 23.1 Å². The van der Waals surface area contributed by atoms with Crippen molar-refractivity contribution in [3.63, 3.8) is 0 Å². The van der Waals surface area contributed by atoms with Gasteiger partial charge in [-0.2, -0.15) is 4.31 Å². The predicted octanol–water partition coefficient (Wildman–Crippen LogP) is 1.87. The highest BCUT2D eigenvalue weighted by atomic mass is 32.2. The minimum absolute atomic E-state index is 0.150. The van der Waals surface area contributed by atoms with Crippen LogP contribution in [0.1, 0.15) is 12.5 Å². The van der Waals surface area contributed by atoms with Gasteiger partial charge in [-0.3, -0.25) is 4.31 Å². The third-order valence-electron chi connectivity index (χ3n) is 5.62. The van der Waals surface area contributed by atoms with Gasteiger partial charge in [-0.25, -0.2) is 16.8 Å². The summed E-state index contributed by atoms with van der Waals surface area (Å²) in [6, 6.07) is 10.9. The molecule has 0 amide bonds. The molecule has 0 N–H and O–H groups in total. The van der Waals surface area contributed by atoms with Gasteiger partial charge in [0.15, 0.2) is 0 Å². The van der Waals surface area contributed by atoms with E-state index in [1.165, 1.54) is 26.8 Å². The number of sulfonamides is 2. The summed E-state index contributed by atoms with van der Waals surface area (Å²) in [5.74, 6) is 0.563. The molecular weight excluding hydrogens is 468 g/mol. The molecule has 4 rings (SSSR count). The first kappa shape index (κ1) is 24.0. The second-order valence-electron chi connectivity index (χ2n) is 7.65. The molecule has 0 spiro atoms. The van der Waals surface area contributed by atoms with Crippen LogP contribution in [0.2, 0.25) is 0 Å². The van der Waals surface area contributed by atoms with Gasteiger partial charge < -0.3 is 14.2 Å². The van der Waals surface area contributed by atoms with Crippen molar-refractivity contribution >= 4 is 25.7 Å². The van der Waals surface area contributed by atoms with E-state index < -0.39 is 20.0 Å². The molecule has 0 unspecified atom stereocenters. The van der Waals surface area contributed by atoms with E-state index in [1.807, 2.05) is 6.92 Å². The number of benzene rings is 2. The van der Waals surface area contributed by atoms with Crippen LogP contribution in [0, 0.1) is 0 Å². The van der Waals surface area contributed by atoms with Crippen LogP contribution in [-0.4, -0.2) is 73.8 Å². The Labute approximate surface area is 195 Å². The van der Waals surface area contributed by atoms with Gasteiger partial charge in [0, 0.05) is 26.2 Å². The highest BCUT2D eigenvalue weighted by Gasteiger charge is 2.33. The summed E-state index contributed by atoms with van der Waals surface area (Å²) in [6.45, 7) is 4.97. The van der Waals surface area contributed by atoms with E-state index in [9.17, 15) is 16.8 Å². The van der Waals surface area contributed by atoms with Crippen LogP contribution in [0.3, 0.4) is 0 Å². The third kappa shape index (κ3) is 5.02. The van der Waals surface area contributed by atoms with Gasteiger partial charge in [-0.1, -0.05) is 0 Å². The minimum Gasteiger partial charge on any atom is -0.491 e. The maximum atomic E-state index is 13.3. The molecule has 2 aromatic carbocycles. The minimum atomic E-state index is -3.79. The Bertz CT molecular complexity index is 1180. The van der Waals surface area contributed by atoms with E-state index in [0.29, 0.717) is 69.5 Å². The molecule has 0 aromatic heterocycles. The summed E-state index contributed by atoms with van der Waals surface area (Å²) in [4.78, 5) is 0.327. The second kappa shape index (κ2) is 9.98. The van der Waals surface area contributed by atoms with Crippen LogP contribution in [0.15, 0.2) is 52.3 Å². The molecule has 0 saturated carbocycles. The number of morpholine rings is 1. The third-order valence-corrected chi connectivity index (χ3v) is 9.35. The SMILES string of the molecule is CCOCCOc1ccc(S(=O)(=O)N2CCc3cc(S(=O)(=O)N4CCOCC4)ccc32)cc1. The summed E-state index contributed by atoms with van der Waals surface area (Å²) < 4.78 is 71.2. The Morgan fingerprint density at radius 3 is 2.27 bits per heavy atom. The highest BCUT2D eigenvalue weighted by molar-refractivity contribution is 7.92. The molecule has 11 heteroatoms. The van der Waals surface area contributed by atoms with Crippen molar-refractivity contribution in [2.24, 2.45) is 0 Å². The van der Waals surface area contributed by atoms with E-state index in [-0.39, 0.29) is 16.3 Å². The molecule has 2 aliphatic rings. The number of rotatable bonds is 9. The molecule has 2 aromatic rings. The average molecular weight is 497 g/mol.